The molecule has 0 bridgehead atoms. The third-order valence-corrected chi connectivity index (χ3v) is 6.40. The lowest BCUT2D eigenvalue weighted by Gasteiger charge is -2.45. The van der Waals surface area contributed by atoms with E-state index in [1.165, 1.54) is 23.9 Å². The molecule has 2 aromatic rings. The van der Waals surface area contributed by atoms with Crippen molar-refractivity contribution in [3.63, 3.8) is 0 Å². The highest BCUT2D eigenvalue weighted by molar-refractivity contribution is 7.99. The lowest BCUT2D eigenvalue weighted by Crippen LogP contribution is -2.57. The molecular formula is C21H22ClF3N2O2S. The molecule has 4 nitrogen and oxygen atoms in total. The summed E-state index contributed by atoms with van der Waals surface area (Å²) >= 11 is 7.62. The van der Waals surface area contributed by atoms with Crippen molar-refractivity contribution in [1.29, 1.82) is 0 Å². The second-order valence-electron chi connectivity index (χ2n) is 7.41. The second kappa shape index (κ2) is 9.08. The van der Waals surface area contributed by atoms with Crippen molar-refractivity contribution in [2.75, 3.05) is 24.5 Å². The summed E-state index contributed by atoms with van der Waals surface area (Å²) in [5.41, 5.74) is 0.210. The van der Waals surface area contributed by atoms with Crippen molar-refractivity contribution in [2.24, 2.45) is 0 Å². The first-order valence-electron chi connectivity index (χ1n) is 9.41. The zero-order valence-electron chi connectivity index (χ0n) is 16.5. The van der Waals surface area contributed by atoms with E-state index >= 15 is 0 Å². The van der Waals surface area contributed by atoms with E-state index in [0.717, 1.165) is 22.7 Å². The minimum absolute atomic E-state index is 0.0119. The topological polar surface area (TPSA) is 43.8 Å². The molecule has 9 heteroatoms. The Hall–Kier alpha value is -1.90. The maximum Gasteiger partial charge on any atom is 0.416 e. The maximum atomic E-state index is 12.8. The fraction of sp³-hybridized carbons (Fsp3) is 0.381. The summed E-state index contributed by atoms with van der Waals surface area (Å²) in [4.78, 5) is 16.8. The number of carbonyl (C=O) groups is 1. The Kier molecular flexibility index (Phi) is 6.89. The van der Waals surface area contributed by atoms with Crippen LogP contribution in [0.1, 0.15) is 19.4 Å². The molecule has 0 amide bonds. The number of halogens is 4. The van der Waals surface area contributed by atoms with Gasteiger partial charge in [-0.15, -0.1) is 0 Å². The molecule has 3 rings (SSSR count). The van der Waals surface area contributed by atoms with Gasteiger partial charge in [0.2, 0.25) is 0 Å². The van der Waals surface area contributed by atoms with Crippen LogP contribution in [0, 0.1) is 0 Å². The number of anilines is 1. The Morgan fingerprint density at radius 1 is 1.13 bits per heavy atom. The van der Waals surface area contributed by atoms with E-state index in [0.29, 0.717) is 23.0 Å². The van der Waals surface area contributed by atoms with Crippen molar-refractivity contribution >= 4 is 35.0 Å². The normalized spacial score (nSPS) is 20.4. The van der Waals surface area contributed by atoms with Gasteiger partial charge in [0.15, 0.2) is 0 Å². The SMILES string of the molecule is C[C@@H]1CN(c2cc(Cl)ccc2Sc2ccc(C(F)(F)F)cc2)[C@@H](C)CN1CC(=O)O. The average Bonchev–Trinajstić information content (AvgIpc) is 2.65. The van der Waals surface area contributed by atoms with E-state index < -0.39 is 17.7 Å². The predicted octanol–water partition coefficient (Wildman–Crippen LogP) is 5.49. The number of aliphatic carboxylic acids is 1. The molecule has 2 atom stereocenters. The summed E-state index contributed by atoms with van der Waals surface area (Å²) in [5, 5.41) is 9.69. The van der Waals surface area contributed by atoms with Crippen LogP contribution in [-0.2, 0) is 11.0 Å². The van der Waals surface area contributed by atoms with Crippen molar-refractivity contribution in [2.45, 2.75) is 41.9 Å². The minimum Gasteiger partial charge on any atom is -0.480 e. The van der Waals surface area contributed by atoms with Crippen LogP contribution in [-0.4, -0.2) is 47.7 Å². The number of hydrogen-bond donors (Lipinski definition) is 1. The van der Waals surface area contributed by atoms with Gasteiger partial charge < -0.3 is 10.0 Å². The first kappa shape index (κ1) is 22.8. The monoisotopic (exact) mass is 458 g/mol. The molecule has 1 saturated heterocycles. The van der Waals surface area contributed by atoms with Gasteiger partial charge in [-0.2, -0.15) is 13.2 Å². The van der Waals surface area contributed by atoms with E-state index in [9.17, 15) is 18.0 Å². The summed E-state index contributed by atoms with van der Waals surface area (Å²) in [6.45, 7) is 5.20. The predicted molar refractivity (Wildman–Crippen MR) is 112 cm³/mol. The molecule has 1 aliphatic heterocycles. The molecule has 1 heterocycles. The maximum absolute atomic E-state index is 12.8. The van der Waals surface area contributed by atoms with E-state index in [1.807, 2.05) is 30.9 Å². The molecule has 0 saturated carbocycles. The van der Waals surface area contributed by atoms with Gasteiger partial charge in [0.1, 0.15) is 0 Å². The lowest BCUT2D eigenvalue weighted by molar-refractivity contribution is -0.139. The van der Waals surface area contributed by atoms with Gasteiger partial charge in [-0.1, -0.05) is 23.4 Å². The highest BCUT2D eigenvalue weighted by Crippen LogP contribution is 2.40. The summed E-state index contributed by atoms with van der Waals surface area (Å²) in [5.74, 6) is -0.858. The smallest absolute Gasteiger partial charge is 0.416 e. The van der Waals surface area contributed by atoms with E-state index in [4.69, 9.17) is 16.7 Å². The van der Waals surface area contributed by atoms with Gasteiger partial charge in [0.05, 0.1) is 17.8 Å². The Balaban J connectivity index is 1.84. The summed E-state index contributed by atoms with van der Waals surface area (Å²) < 4.78 is 38.5. The standard InChI is InChI=1S/C21H22ClF3N2O2S/c1-13-11-27(14(2)10-26(13)12-20(28)29)18-9-16(22)5-8-19(18)30-17-6-3-15(4-7-17)21(23,24)25/h3-9,13-14H,10-12H2,1-2H3,(H,28,29)/t13-,14+/m1/s1. The molecule has 0 unspecified atom stereocenters. The molecule has 1 N–H and O–H groups in total. The summed E-state index contributed by atoms with van der Waals surface area (Å²) in [6, 6.07) is 10.6. The molecule has 0 aliphatic carbocycles. The van der Waals surface area contributed by atoms with E-state index in [1.54, 1.807) is 6.07 Å². The van der Waals surface area contributed by atoms with E-state index in [-0.39, 0.29) is 18.6 Å². The van der Waals surface area contributed by atoms with Gasteiger partial charge in [0.25, 0.3) is 0 Å². The van der Waals surface area contributed by atoms with Gasteiger partial charge in [-0.3, -0.25) is 9.69 Å². The second-order valence-corrected chi connectivity index (χ2v) is 8.96. The van der Waals surface area contributed by atoms with Crippen LogP contribution in [0.2, 0.25) is 5.02 Å². The highest BCUT2D eigenvalue weighted by atomic mass is 35.5. The number of carboxylic acids is 1. The fourth-order valence-corrected chi connectivity index (χ4v) is 4.68. The summed E-state index contributed by atoms with van der Waals surface area (Å²) in [6.07, 6.45) is -4.37. The number of nitrogens with zero attached hydrogens (tertiary/aromatic N) is 2. The number of carboxylic acid groups (broad SMARTS) is 1. The Labute approximate surface area is 182 Å². The fourth-order valence-electron chi connectivity index (χ4n) is 3.57. The van der Waals surface area contributed by atoms with Crippen molar-refractivity contribution in [3.05, 3.63) is 53.1 Å². The highest BCUT2D eigenvalue weighted by Gasteiger charge is 2.32. The Morgan fingerprint density at radius 3 is 2.40 bits per heavy atom. The van der Waals surface area contributed by atoms with Crippen LogP contribution in [0.25, 0.3) is 0 Å². The van der Waals surface area contributed by atoms with Crippen molar-refractivity contribution in [3.8, 4) is 0 Å². The number of piperazine rings is 1. The first-order valence-corrected chi connectivity index (χ1v) is 10.6. The average molecular weight is 459 g/mol. The number of benzene rings is 2. The Bertz CT molecular complexity index is 908. The van der Waals surface area contributed by atoms with Crippen LogP contribution in [0.4, 0.5) is 18.9 Å². The molecule has 0 aromatic heterocycles. The van der Waals surface area contributed by atoms with Crippen LogP contribution >= 0.6 is 23.4 Å². The molecule has 30 heavy (non-hydrogen) atoms. The van der Waals surface area contributed by atoms with Crippen LogP contribution in [0.5, 0.6) is 0 Å². The lowest BCUT2D eigenvalue weighted by atomic mass is 10.1. The molecule has 162 valence electrons. The zero-order valence-corrected chi connectivity index (χ0v) is 18.1. The molecular weight excluding hydrogens is 437 g/mol. The summed E-state index contributed by atoms with van der Waals surface area (Å²) in [7, 11) is 0. The van der Waals surface area contributed by atoms with Gasteiger partial charge >= 0.3 is 12.1 Å². The molecule has 2 aromatic carbocycles. The van der Waals surface area contributed by atoms with Crippen LogP contribution in [0.3, 0.4) is 0 Å². The number of alkyl halides is 3. The van der Waals surface area contributed by atoms with Crippen LogP contribution in [0.15, 0.2) is 52.3 Å². The first-order chi connectivity index (χ1) is 14.0. The molecule has 0 spiro atoms. The Morgan fingerprint density at radius 2 is 1.80 bits per heavy atom. The third kappa shape index (κ3) is 5.42. The molecule has 1 fully saturated rings. The largest absolute Gasteiger partial charge is 0.480 e. The van der Waals surface area contributed by atoms with Gasteiger partial charge in [0, 0.05) is 40.0 Å². The molecule has 1 aliphatic rings. The van der Waals surface area contributed by atoms with E-state index in [2.05, 4.69) is 4.90 Å². The molecule has 0 radical (unpaired) electrons. The van der Waals surface area contributed by atoms with Crippen molar-refractivity contribution < 1.29 is 23.1 Å². The number of rotatable bonds is 5. The number of hydrogen-bond acceptors (Lipinski definition) is 4. The van der Waals surface area contributed by atoms with Crippen LogP contribution < -0.4 is 4.90 Å². The van der Waals surface area contributed by atoms with Crippen molar-refractivity contribution in [1.82, 2.24) is 4.90 Å². The quantitative estimate of drug-likeness (QED) is 0.641. The third-order valence-electron chi connectivity index (χ3n) is 5.09. The van der Waals surface area contributed by atoms with Gasteiger partial charge in [-0.05, 0) is 56.3 Å². The zero-order chi connectivity index (χ0) is 22.1. The minimum atomic E-state index is -4.37. The van der Waals surface area contributed by atoms with Gasteiger partial charge in [-0.25, -0.2) is 0 Å².